The highest BCUT2D eigenvalue weighted by molar-refractivity contribution is 9.10. The van der Waals surface area contributed by atoms with Gasteiger partial charge in [-0.3, -0.25) is 4.79 Å². The van der Waals surface area contributed by atoms with Crippen LogP contribution in [0.3, 0.4) is 0 Å². The number of aliphatic hydroxyl groups is 1. The minimum absolute atomic E-state index is 0.0947. The van der Waals surface area contributed by atoms with Gasteiger partial charge in [0.2, 0.25) is 5.91 Å². The maximum Gasteiger partial charge on any atom is 0.233 e. The van der Waals surface area contributed by atoms with Crippen molar-refractivity contribution in [1.82, 2.24) is 0 Å². The van der Waals surface area contributed by atoms with Gasteiger partial charge >= 0.3 is 0 Å². The fraction of sp³-hybridized carbons (Fsp3) is 0.167. The second-order valence-electron chi connectivity index (χ2n) is 9.17. The number of aromatic hydroxyl groups is 1. The number of carbonyl (C=O) groups excluding carboxylic acids is 1. The van der Waals surface area contributed by atoms with Crippen molar-refractivity contribution in [1.29, 1.82) is 0 Å². The third kappa shape index (κ3) is 5.15. The molecule has 1 amide bonds. The molecule has 4 aromatic carbocycles. The van der Waals surface area contributed by atoms with E-state index in [1.807, 2.05) is 24.3 Å². The highest BCUT2D eigenvalue weighted by Crippen LogP contribution is 2.46. The van der Waals surface area contributed by atoms with E-state index in [-0.39, 0.29) is 35.3 Å². The fourth-order valence-electron chi connectivity index (χ4n) is 4.88. The van der Waals surface area contributed by atoms with Gasteiger partial charge in [-0.15, -0.1) is 0 Å². The zero-order valence-corrected chi connectivity index (χ0v) is 21.3. The van der Waals surface area contributed by atoms with E-state index in [0.29, 0.717) is 24.1 Å². The number of carbonyl (C=O) groups is 1. The molecule has 0 aliphatic carbocycles. The van der Waals surface area contributed by atoms with E-state index in [1.165, 1.54) is 24.3 Å². The van der Waals surface area contributed by atoms with Gasteiger partial charge in [0, 0.05) is 10.2 Å². The summed E-state index contributed by atoms with van der Waals surface area (Å²) >= 11 is 3.52. The Hall–Kier alpha value is -3.55. The Morgan fingerprint density at radius 3 is 2.14 bits per heavy atom. The second kappa shape index (κ2) is 10.4. The van der Waals surface area contributed by atoms with Gasteiger partial charge in [-0.1, -0.05) is 52.3 Å². The Morgan fingerprint density at radius 2 is 1.49 bits per heavy atom. The molecule has 5 rings (SSSR count). The lowest BCUT2D eigenvalue weighted by Crippen LogP contribution is -2.55. The molecule has 4 aromatic rings. The number of halogens is 3. The van der Waals surface area contributed by atoms with Crippen molar-refractivity contribution in [2.45, 2.75) is 25.0 Å². The summed E-state index contributed by atoms with van der Waals surface area (Å²) in [6, 6.07) is 24.1. The summed E-state index contributed by atoms with van der Waals surface area (Å²) < 4.78 is 27.7. The summed E-state index contributed by atoms with van der Waals surface area (Å²) in [5.41, 5.74) is 3.84. The standard InChI is InChI=1S/C30H24BrF2NO3/c31-27-15-13-24(35)17-26(27)18-1-3-20(4-2-18)29-25(14-16-28(36)19-5-7-21(32)8-6-19)30(37)34(29)23-11-9-22(33)10-12-23/h1-13,15,17,25,28-29,35-36H,14,16H2/t25?,28-,29+/m0/s1. The van der Waals surface area contributed by atoms with E-state index >= 15 is 0 Å². The van der Waals surface area contributed by atoms with Crippen LogP contribution < -0.4 is 4.90 Å². The first-order valence-corrected chi connectivity index (χ1v) is 12.7. The van der Waals surface area contributed by atoms with Gasteiger partial charge in [0.15, 0.2) is 0 Å². The maximum atomic E-state index is 13.6. The summed E-state index contributed by atoms with van der Waals surface area (Å²) in [6.07, 6.45) is -0.0524. The van der Waals surface area contributed by atoms with Gasteiger partial charge in [-0.05, 0) is 89.7 Å². The molecule has 3 atom stereocenters. The number of nitrogens with zero attached hydrogens (tertiary/aromatic N) is 1. The van der Waals surface area contributed by atoms with Crippen LogP contribution in [0.15, 0.2) is 95.5 Å². The topological polar surface area (TPSA) is 60.8 Å². The fourth-order valence-corrected chi connectivity index (χ4v) is 5.36. The van der Waals surface area contributed by atoms with Gasteiger partial charge in [0.05, 0.1) is 18.1 Å². The third-order valence-electron chi connectivity index (χ3n) is 6.84. The predicted molar refractivity (Wildman–Crippen MR) is 142 cm³/mol. The van der Waals surface area contributed by atoms with Crippen LogP contribution in [0.5, 0.6) is 5.75 Å². The van der Waals surface area contributed by atoms with E-state index in [0.717, 1.165) is 21.2 Å². The minimum Gasteiger partial charge on any atom is -0.508 e. The van der Waals surface area contributed by atoms with Crippen LogP contribution in [0.4, 0.5) is 14.5 Å². The molecule has 1 aliphatic heterocycles. The van der Waals surface area contributed by atoms with Crippen molar-refractivity contribution in [2.24, 2.45) is 5.92 Å². The van der Waals surface area contributed by atoms with Crippen molar-refractivity contribution in [3.8, 4) is 16.9 Å². The smallest absolute Gasteiger partial charge is 0.233 e. The molecule has 37 heavy (non-hydrogen) atoms. The molecule has 1 saturated heterocycles. The highest BCUT2D eigenvalue weighted by Gasteiger charge is 2.48. The lowest BCUT2D eigenvalue weighted by atomic mass is 9.78. The normalized spacial score (nSPS) is 17.9. The molecular weight excluding hydrogens is 540 g/mol. The van der Waals surface area contributed by atoms with Crippen LogP contribution in [0.1, 0.15) is 36.1 Å². The average Bonchev–Trinajstić information content (AvgIpc) is 2.90. The van der Waals surface area contributed by atoms with Gasteiger partial charge in [0.25, 0.3) is 0 Å². The van der Waals surface area contributed by atoms with Crippen molar-refractivity contribution in [2.75, 3.05) is 4.90 Å². The minimum atomic E-state index is -0.820. The largest absolute Gasteiger partial charge is 0.508 e. The monoisotopic (exact) mass is 563 g/mol. The third-order valence-corrected chi connectivity index (χ3v) is 7.53. The summed E-state index contributed by atoms with van der Waals surface area (Å²) in [5.74, 6) is -1.06. The van der Waals surface area contributed by atoms with Crippen LogP contribution in [0.25, 0.3) is 11.1 Å². The quantitative estimate of drug-likeness (QED) is 0.231. The number of anilines is 1. The SMILES string of the molecule is O=C1C(CC[C@H](O)c2ccc(F)cc2)[C@@H](c2ccc(-c3cc(O)ccc3Br)cc2)N1c1ccc(F)cc1. The molecular formula is C30H24BrF2NO3. The van der Waals surface area contributed by atoms with Gasteiger partial charge in [-0.25, -0.2) is 8.78 Å². The Morgan fingerprint density at radius 1 is 0.865 bits per heavy atom. The molecule has 1 fully saturated rings. The molecule has 0 spiro atoms. The van der Waals surface area contributed by atoms with Crippen molar-refractivity contribution in [3.63, 3.8) is 0 Å². The first kappa shape index (κ1) is 25.1. The predicted octanol–water partition coefficient (Wildman–Crippen LogP) is 7.32. The zero-order chi connectivity index (χ0) is 26.1. The number of benzene rings is 4. The van der Waals surface area contributed by atoms with E-state index in [9.17, 15) is 23.8 Å². The van der Waals surface area contributed by atoms with E-state index in [1.54, 1.807) is 47.4 Å². The number of β-lactam (4-membered cyclic amide) rings is 1. The van der Waals surface area contributed by atoms with Crippen molar-refractivity contribution < 1.29 is 23.8 Å². The summed E-state index contributed by atoms with van der Waals surface area (Å²) in [4.78, 5) is 14.9. The molecule has 0 radical (unpaired) electrons. The number of phenolic OH excluding ortho intramolecular Hbond substituents is 1. The molecule has 0 aromatic heterocycles. The number of phenols is 1. The number of amides is 1. The number of rotatable bonds is 7. The molecule has 0 bridgehead atoms. The molecule has 1 heterocycles. The van der Waals surface area contributed by atoms with E-state index < -0.39 is 6.10 Å². The number of aliphatic hydroxyl groups excluding tert-OH is 1. The van der Waals surface area contributed by atoms with Crippen LogP contribution in [0, 0.1) is 17.6 Å². The van der Waals surface area contributed by atoms with Crippen LogP contribution in [-0.2, 0) is 4.79 Å². The molecule has 7 heteroatoms. The summed E-state index contributed by atoms with van der Waals surface area (Å²) in [7, 11) is 0. The summed E-state index contributed by atoms with van der Waals surface area (Å²) in [6.45, 7) is 0. The lowest BCUT2D eigenvalue weighted by Gasteiger charge is -2.48. The first-order chi connectivity index (χ1) is 17.8. The zero-order valence-electron chi connectivity index (χ0n) is 19.7. The molecule has 2 N–H and O–H groups in total. The van der Waals surface area contributed by atoms with Crippen molar-refractivity contribution >= 4 is 27.5 Å². The number of hydrogen-bond donors (Lipinski definition) is 2. The average molecular weight is 564 g/mol. The Labute approximate surface area is 221 Å². The van der Waals surface area contributed by atoms with Gasteiger partial charge in [-0.2, -0.15) is 0 Å². The Kier molecular flexibility index (Phi) is 7.09. The van der Waals surface area contributed by atoms with Gasteiger partial charge < -0.3 is 15.1 Å². The molecule has 188 valence electrons. The van der Waals surface area contributed by atoms with Crippen LogP contribution in [-0.4, -0.2) is 16.1 Å². The second-order valence-corrected chi connectivity index (χ2v) is 10.0. The first-order valence-electron chi connectivity index (χ1n) is 11.9. The van der Waals surface area contributed by atoms with Gasteiger partial charge in [0.1, 0.15) is 17.4 Å². The molecule has 1 aliphatic rings. The van der Waals surface area contributed by atoms with Crippen LogP contribution in [0.2, 0.25) is 0 Å². The maximum absolute atomic E-state index is 13.6. The lowest BCUT2D eigenvalue weighted by molar-refractivity contribution is -0.131. The molecule has 1 unspecified atom stereocenters. The highest BCUT2D eigenvalue weighted by atomic mass is 79.9. The van der Waals surface area contributed by atoms with Crippen molar-refractivity contribution in [3.05, 3.63) is 118 Å². The van der Waals surface area contributed by atoms with E-state index in [4.69, 9.17) is 0 Å². The molecule has 0 saturated carbocycles. The van der Waals surface area contributed by atoms with E-state index in [2.05, 4.69) is 15.9 Å². The summed E-state index contributed by atoms with van der Waals surface area (Å²) in [5, 5.41) is 20.5. The van der Waals surface area contributed by atoms with Crippen LogP contribution >= 0.6 is 15.9 Å². The molecule has 4 nitrogen and oxygen atoms in total. The Balaban J connectivity index is 1.41. The Bertz CT molecular complexity index is 1410. The number of hydrogen-bond acceptors (Lipinski definition) is 3.